The van der Waals surface area contributed by atoms with Crippen molar-refractivity contribution >= 4 is 11.8 Å². The third kappa shape index (κ3) is 3.94. The molecule has 1 aliphatic heterocycles. The summed E-state index contributed by atoms with van der Waals surface area (Å²) in [5.74, 6) is -0.286. The van der Waals surface area contributed by atoms with Crippen molar-refractivity contribution in [3.8, 4) is 5.75 Å². The van der Waals surface area contributed by atoms with Crippen LogP contribution in [0.4, 0.5) is 0 Å². The Labute approximate surface area is 191 Å². The Kier molecular flexibility index (Phi) is 5.95. The van der Waals surface area contributed by atoms with Crippen molar-refractivity contribution in [2.24, 2.45) is 5.92 Å². The predicted octanol–water partition coefficient (Wildman–Crippen LogP) is 1.73. The summed E-state index contributed by atoms with van der Waals surface area (Å²) in [6, 6.07) is 8.49. The van der Waals surface area contributed by atoms with E-state index in [1.54, 1.807) is 29.6 Å². The van der Waals surface area contributed by atoms with E-state index >= 15 is 0 Å². The second-order valence-corrected chi connectivity index (χ2v) is 8.91. The molecular weight excluding hydrogens is 424 g/mol. The van der Waals surface area contributed by atoms with E-state index in [0.717, 1.165) is 30.4 Å². The molecule has 0 spiro atoms. The molecule has 4 atom stereocenters. The molecule has 2 aliphatic carbocycles. The number of carbonyl (C=O) groups excluding carboxylic acids is 2. The van der Waals surface area contributed by atoms with Crippen LogP contribution in [0.2, 0.25) is 0 Å². The van der Waals surface area contributed by atoms with E-state index in [-0.39, 0.29) is 37.4 Å². The normalized spacial score (nSPS) is 25.8. The van der Waals surface area contributed by atoms with Gasteiger partial charge in [0.15, 0.2) is 0 Å². The van der Waals surface area contributed by atoms with Crippen molar-refractivity contribution in [2.75, 3.05) is 13.2 Å². The number of aliphatic hydroxyl groups excluding tert-OH is 2. The molecule has 1 aromatic heterocycles. The van der Waals surface area contributed by atoms with Gasteiger partial charge in [-0.05, 0) is 31.1 Å². The van der Waals surface area contributed by atoms with Crippen molar-refractivity contribution < 1.29 is 29.0 Å². The maximum absolute atomic E-state index is 13.4. The fraction of sp³-hybridized carbons (Fsp3) is 0.440. The van der Waals surface area contributed by atoms with Crippen LogP contribution < -0.4 is 10.1 Å². The van der Waals surface area contributed by atoms with Crippen molar-refractivity contribution in [1.29, 1.82) is 0 Å². The smallest absolute Gasteiger partial charge is 0.247 e. The Balaban J connectivity index is 1.54. The first-order valence-electron chi connectivity index (χ1n) is 11.4. The van der Waals surface area contributed by atoms with E-state index in [1.165, 1.54) is 0 Å². The number of nitrogens with zero attached hydrogens (tertiary/aromatic N) is 1. The maximum Gasteiger partial charge on any atom is 0.247 e. The van der Waals surface area contributed by atoms with Crippen molar-refractivity contribution in [2.45, 2.75) is 50.0 Å². The van der Waals surface area contributed by atoms with Crippen LogP contribution in [0.15, 0.2) is 58.9 Å². The van der Waals surface area contributed by atoms with Gasteiger partial charge < -0.3 is 29.6 Å². The molecular formula is C25H28N2O6. The fourth-order valence-electron chi connectivity index (χ4n) is 4.99. The lowest BCUT2D eigenvalue weighted by molar-refractivity contribution is -0.145. The van der Waals surface area contributed by atoms with Crippen LogP contribution in [-0.4, -0.2) is 58.3 Å². The van der Waals surface area contributed by atoms with E-state index < -0.39 is 24.2 Å². The Morgan fingerprint density at radius 2 is 2.00 bits per heavy atom. The zero-order chi connectivity index (χ0) is 22.9. The fourth-order valence-corrected chi connectivity index (χ4v) is 4.99. The molecule has 0 saturated heterocycles. The first-order chi connectivity index (χ1) is 16.1. The Bertz CT molecular complexity index is 1040. The third-order valence-corrected chi connectivity index (χ3v) is 6.91. The van der Waals surface area contributed by atoms with E-state index in [4.69, 9.17) is 9.15 Å². The molecule has 33 heavy (non-hydrogen) atoms. The number of furan rings is 1. The molecule has 1 aromatic carbocycles. The number of aliphatic hydroxyl groups is 2. The van der Waals surface area contributed by atoms with Gasteiger partial charge in [-0.2, -0.15) is 0 Å². The minimum Gasteiger partial charge on any atom is -0.486 e. The molecule has 2 amide bonds. The van der Waals surface area contributed by atoms with Crippen molar-refractivity contribution in [3.63, 3.8) is 0 Å². The van der Waals surface area contributed by atoms with Crippen LogP contribution >= 0.6 is 0 Å². The van der Waals surface area contributed by atoms with Gasteiger partial charge in [0.2, 0.25) is 11.8 Å². The summed E-state index contributed by atoms with van der Waals surface area (Å²) in [5, 5.41) is 23.4. The standard InChI is InChI=1S/C25H28N2O6/c28-10-9-26-24(30)18-12-19(22(29)23-21(18)17-6-1-2-7-20(17)33-23)27(13-15-8-11-32-14-15)25(31)16-4-3-5-16/h1-2,6-8,11-12,14,16,19,21-23,28-29H,3-5,9-10,13H2,(H,26,30)/t19-,21+,22+,23+/m1/s1. The van der Waals surface area contributed by atoms with Crippen LogP contribution in [0.5, 0.6) is 5.75 Å². The van der Waals surface area contributed by atoms with Crippen molar-refractivity contribution in [3.05, 3.63) is 65.6 Å². The number of benzene rings is 1. The lowest BCUT2D eigenvalue weighted by Gasteiger charge is -2.42. The van der Waals surface area contributed by atoms with Gasteiger partial charge in [0, 0.05) is 35.7 Å². The van der Waals surface area contributed by atoms with Gasteiger partial charge >= 0.3 is 0 Å². The monoisotopic (exact) mass is 452 g/mol. The van der Waals surface area contributed by atoms with E-state index in [0.29, 0.717) is 11.3 Å². The van der Waals surface area contributed by atoms with E-state index in [9.17, 15) is 19.8 Å². The zero-order valence-corrected chi connectivity index (χ0v) is 18.2. The lowest BCUT2D eigenvalue weighted by Crippen LogP contribution is -2.56. The van der Waals surface area contributed by atoms with Crippen LogP contribution in [0.1, 0.15) is 36.3 Å². The Hall–Kier alpha value is -3.10. The molecule has 174 valence electrons. The highest BCUT2D eigenvalue weighted by Gasteiger charge is 2.51. The minimum absolute atomic E-state index is 0.0353. The predicted molar refractivity (Wildman–Crippen MR) is 118 cm³/mol. The summed E-state index contributed by atoms with van der Waals surface area (Å²) < 4.78 is 11.3. The summed E-state index contributed by atoms with van der Waals surface area (Å²) in [4.78, 5) is 28.2. The maximum atomic E-state index is 13.4. The molecule has 3 aliphatic rings. The molecule has 2 aromatic rings. The van der Waals surface area contributed by atoms with Gasteiger partial charge in [0.25, 0.3) is 0 Å². The summed E-state index contributed by atoms with van der Waals surface area (Å²) >= 11 is 0. The number of nitrogens with one attached hydrogen (secondary N) is 1. The number of carbonyl (C=O) groups is 2. The summed E-state index contributed by atoms with van der Waals surface area (Å²) in [7, 11) is 0. The molecule has 2 heterocycles. The summed E-state index contributed by atoms with van der Waals surface area (Å²) in [5.41, 5.74) is 2.08. The molecule has 3 N–H and O–H groups in total. The molecule has 5 rings (SSSR count). The minimum atomic E-state index is -1.02. The molecule has 0 radical (unpaired) electrons. The number of hydrogen-bond donors (Lipinski definition) is 3. The summed E-state index contributed by atoms with van der Waals surface area (Å²) in [6.45, 7) is 0.196. The SMILES string of the molecule is O=C(NCCO)C1=C[C@@H](N(Cc2ccoc2)C(=O)C2CCC2)[C@H](O)[C@H]2Oc3ccccc3[C@@H]12. The number of fused-ring (bicyclic) bond motifs is 3. The second kappa shape index (κ2) is 9.03. The third-order valence-electron chi connectivity index (χ3n) is 6.91. The zero-order valence-electron chi connectivity index (χ0n) is 18.2. The van der Waals surface area contributed by atoms with Gasteiger partial charge in [0.05, 0.1) is 31.1 Å². The van der Waals surface area contributed by atoms with Crippen LogP contribution in [0.25, 0.3) is 0 Å². The first-order valence-corrected chi connectivity index (χ1v) is 11.4. The van der Waals surface area contributed by atoms with E-state index in [2.05, 4.69) is 5.32 Å². The lowest BCUT2D eigenvalue weighted by atomic mass is 9.76. The first kappa shape index (κ1) is 21.7. The average Bonchev–Trinajstić information content (AvgIpc) is 3.43. The number of ether oxygens (including phenoxy) is 1. The highest BCUT2D eigenvalue weighted by Crippen LogP contribution is 2.47. The van der Waals surface area contributed by atoms with Gasteiger partial charge in [-0.25, -0.2) is 0 Å². The molecule has 8 heteroatoms. The molecule has 0 unspecified atom stereocenters. The molecule has 0 bridgehead atoms. The Morgan fingerprint density at radius 3 is 2.70 bits per heavy atom. The molecule has 8 nitrogen and oxygen atoms in total. The van der Waals surface area contributed by atoms with Crippen molar-refractivity contribution in [1.82, 2.24) is 10.2 Å². The van der Waals surface area contributed by atoms with E-state index in [1.807, 2.05) is 24.3 Å². The van der Waals surface area contributed by atoms with Crippen LogP contribution in [0.3, 0.4) is 0 Å². The quantitative estimate of drug-likeness (QED) is 0.590. The largest absolute Gasteiger partial charge is 0.486 e. The van der Waals surface area contributed by atoms with Gasteiger partial charge in [-0.1, -0.05) is 24.6 Å². The summed E-state index contributed by atoms with van der Waals surface area (Å²) in [6.07, 6.45) is 5.78. The second-order valence-electron chi connectivity index (χ2n) is 8.91. The van der Waals surface area contributed by atoms with Crippen LogP contribution in [-0.2, 0) is 16.1 Å². The number of para-hydroxylation sites is 1. The van der Waals surface area contributed by atoms with Gasteiger partial charge in [-0.15, -0.1) is 0 Å². The van der Waals surface area contributed by atoms with Gasteiger partial charge in [-0.3, -0.25) is 9.59 Å². The molecule has 1 saturated carbocycles. The topological polar surface area (TPSA) is 112 Å². The Morgan fingerprint density at radius 1 is 1.18 bits per heavy atom. The highest BCUT2D eigenvalue weighted by molar-refractivity contribution is 5.96. The number of rotatable bonds is 7. The van der Waals surface area contributed by atoms with Gasteiger partial charge in [0.1, 0.15) is 18.0 Å². The highest BCUT2D eigenvalue weighted by atomic mass is 16.5. The molecule has 1 fully saturated rings. The average molecular weight is 453 g/mol. The van der Waals surface area contributed by atoms with Crippen LogP contribution in [0, 0.1) is 5.92 Å². The number of amides is 2. The number of hydrogen-bond acceptors (Lipinski definition) is 6.